The molecule has 0 spiro atoms. The molecule has 2 aromatic rings. The molecular weight excluding hydrogens is 385 g/mol. The van der Waals surface area contributed by atoms with E-state index in [0.717, 1.165) is 12.1 Å². The summed E-state index contributed by atoms with van der Waals surface area (Å²) in [6, 6.07) is 4.13. The van der Waals surface area contributed by atoms with Crippen LogP contribution in [-0.4, -0.2) is 35.1 Å². The Balaban J connectivity index is 1.59. The highest BCUT2D eigenvalue weighted by molar-refractivity contribution is 6.31. The van der Waals surface area contributed by atoms with Crippen LogP contribution in [0.25, 0.3) is 0 Å². The van der Waals surface area contributed by atoms with E-state index in [0.29, 0.717) is 25.3 Å². The molecule has 3 rings (SSSR count). The summed E-state index contributed by atoms with van der Waals surface area (Å²) in [6.45, 7) is 1.15. The molecule has 1 fully saturated rings. The fraction of sp³-hybridized carbons (Fsp3) is 0.312. The van der Waals surface area contributed by atoms with Crippen molar-refractivity contribution in [3.05, 3.63) is 41.0 Å². The molecule has 4 N–H and O–H groups in total. The van der Waals surface area contributed by atoms with Gasteiger partial charge in [0.25, 0.3) is 0 Å². The fourth-order valence-corrected chi connectivity index (χ4v) is 3.02. The van der Waals surface area contributed by atoms with Crippen LogP contribution in [0.15, 0.2) is 30.5 Å². The van der Waals surface area contributed by atoms with E-state index in [4.69, 9.17) is 17.3 Å². The molecule has 27 heavy (non-hydrogen) atoms. The van der Waals surface area contributed by atoms with Crippen LogP contribution in [0.3, 0.4) is 0 Å². The van der Waals surface area contributed by atoms with Crippen LogP contribution < -0.4 is 21.3 Å². The quantitative estimate of drug-likeness (QED) is 0.735. The van der Waals surface area contributed by atoms with E-state index < -0.39 is 22.8 Å². The van der Waals surface area contributed by atoms with Crippen LogP contribution in [0.2, 0.25) is 5.02 Å². The predicted molar refractivity (Wildman–Crippen MR) is 95.7 cm³/mol. The number of hydrogen-bond donors (Lipinski definition) is 3. The van der Waals surface area contributed by atoms with E-state index in [1.54, 1.807) is 12.3 Å². The number of halogens is 4. The molecule has 1 aliphatic rings. The monoisotopic (exact) mass is 400 g/mol. The van der Waals surface area contributed by atoms with E-state index >= 15 is 0 Å². The molecule has 0 bridgehead atoms. The molecule has 1 atom stereocenters. The number of nitrogens with zero attached hydrogens (tertiary/aromatic N) is 3. The number of nitrogen functional groups attached to an aromatic ring is 1. The van der Waals surface area contributed by atoms with Gasteiger partial charge in [0.15, 0.2) is 0 Å². The lowest BCUT2D eigenvalue weighted by molar-refractivity contribution is -0.137. The van der Waals surface area contributed by atoms with Gasteiger partial charge in [-0.05, 0) is 30.7 Å². The number of benzene rings is 1. The van der Waals surface area contributed by atoms with Gasteiger partial charge in [-0.2, -0.15) is 18.2 Å². The number of carbonyl (C=O) groups is 1. The zero-order valence-corrected chi connectivity index (χ0v) is 14.7. The Kier molecular flexibility index (Phi) is 5.26. The second kappa shape index (κ2) is 7.47. The summed E-state index contributed by atoms with van der Waals surface area (Å²) < 4.78 is 38.7. The normalized spacial score (nSPS) is 17.0. The van der Waals surface area contributed by atoms with Gasteiger partial charge in [0.2, 0.25) is 5.95 Å². The number of nitrogens with one attached hydrogen (secondary N) is 2. The summed E-state index contributed by atoms with van der Waals surface area (Å²) in [5.41, 5.74) is 4.56. The third-order valence-corrected chi connectivity index (χ3v) is 4.37. The van der Waals surface area contributed by atoms with Crippen LogP contribution in [-0.2, 0) is 6.18 Å². The maximum Gasteiger partial charge on any atom is 0.417 e. The Morgan fingerprint density at radius 2 is 2.11 bits per heavy atom. The van der Waals surface area contributed by atoms with Gasteiger partial charge in [-0.1, -0.05) is 11.6 Å². The van der Waals surface area contributed by atoms with Gasteiger partial charge in [0, 0.05) is 31.0 Å². The largest absolute Gasteiger partial charge is 0.417 e. The molecule has 2 heterocycles. The number of amides is 2. The molecule has 1 aliphatic heterocycles. The van der Waals surface area contributed by atoms with Gasteiger partial charge in [0.05, 0.1) is 10.6 Å². The molecule has 144 valence electrons. The highest BCUT2D eigenvalue weighted by Gasteiger charge is 2.33. The molecule has 1 saturated heterocycles. The number of carbonyl (C=O) groups excluding carboxylic acids is 1. The summed E-state index contributed by atoms with van der Waals surface area (Å²) in [5.74, 6) is 0.810. The number of hydrogen-bond acceptors (Lipinski definition) is 5. The smallest absolute Gasteiger partial charge is 0.368 e. The van der Waals surface area contributed by atoms with Crippen molar-refractivity contribution < 1.29 is 18.0 Å². The molecule has 1 aromatic heterocycles. The lowest BCUT2D eigenvalue weighted by Gasteiger charge is -2.18. The second-order valence-corrected chi connectivity index (χ2v) is 6.40. The molecule has 0 radical (unpaired) electrons. The minimum atomic E-state index is -4.60. The predicted octanol–water partition coefficient (Wildman–Crippen LogP) is 3.13. The van der Waals surface area contributed by atoms with E-state index in [-0.39, 0.29) is 17.7 Å². The average Bonchev–Trinajstić information content (AvgIpc) is 3.04. The Bertz CT molecular complexity index is 847. The molecule has 0 aliphatic carbocycles. The van der Waals surface area contributed by atoms with Gasteiger partial charge >= 0.3 is 12.2 Å². The van der Waals surface area contributed by atoms with Crippen LogP contribution in [0, 0.1) is 0 Å². The van der Waals surface area contributed by atoms with Gasteiger partial charge in [-0.25, -0.2) is 9.78 Å². The van der Waals surface area contributed by atoms with Crippen molar-refractivity contribution in [3.8, 4) is 0 Å². The first-order valence-electron chi connectivity index (χ1n) is 8.00. The number of rotatable bonds is 3. The van der Waals surface area contributed by atoms with Crippen molar-refractivity contribution in [2.45, 2.75) is 18.6 Å². The van der Waals surface area contributed by atoms with Crippen LogP contribution in [0.4, 0.5) is 35.4 Å². The number of anilines is 3. The third-order valence-electron chi connectivity index (χ3n) is 4.04. The van der Waals surface area contributed by atoms with Gasteiger partial charge < -0.3 is 21.3 Å². The summed E-state index contributed by atoms with van der Waals surface area (Å²) in [5, 5.41) is 4.71. The summed E-state index contributed by atoms with van der Waals surface area (Å²) >= 11 is 5.57. The Morgan fingerprint density at radius 3 is 2.81 bits per heavy atom. The standard InChI is InChI=1S/C16H16ClF3N6O/c17-12-2-1-9(7-11(12)16(18,19)20)23-15(27)24-10-4-6-26(8-10)13-3-5-22-14(21)25-13/h1-3,5,7,10H,4,6,8H2,(H2,21,22,25)(H2,23,24,27). The van der Waals surface area contributed by atoms with Crippen molar-refractivity contribution >= 4 is 35.1 Å². The minimum Gasteiger partial charge on any atom is -0.368 e. The number of urea groups is 1. The van der Waals surface area contributed by atoms with Crippen LogP contribution in [0.5, 0.6) is 0 Å². The summed E-state index contributed by atoms with van der Waals surface area (Å²) in [6.07, 6.45) is -2.40. The lowest BCUT2D eigenvalue weighted by Crippen LogP contribution is -2.39. The van der Waals surface area contributed by atoms with E-state index in [1.165, 1.54) is 6.07 Å². The van der Waals surface area contributed by atoms with Gasteiger partial charge in [0.1, 0.15) is 5.82 Å². The lowest BCUT2D eigenvalue weighted by atomic mass is 10.2. The summed E-state index contributed by atoms with van der Waals surface area (Å²) in [4.78, 5) is 22.0. The van der Waals surface area contributed by atoms with Crippen LogP contribution in [0.1, 0.15) is 12.0 Å². The van der Waals surface area contributed by atoms with Crippen LogP contribution >= 0.6 is 11.6 Å². The number of nitrogens with two attached hydrogens (primary N) is 1. The van der Waals surface area contributed by atoms with Crippen molar-refractivity contribution in [1.82, 2.24) is 15.3 Å². The highest BCUT2D eigenvalue weighted by Crippen LogP contribution is 2.36. The molecule has 7 nitrogen and oxygen atoms in total. The maximum atomic E-state index is 12.9. The second-order valence-electron chi connectivity index (χ2n) is 6.00. The van der Waals surface area contributed by atoms with Crippen molar-refractivity contribution in [1.29, 1.82) is 0 Å². The van der Waals surface area contributed by atoms with Gasteiger partial charge in [-0.3, -0.25) is 0 Å². The summed E-state index contributed by atoms with van der Waals surface area (Å²) in [7, 11) is 0. The zero-order valence-electron chi connectivity index (χ0n) is 13.9. The van der Waals surface area contributed by atoms with Gasteiger partial charge in [-0.15, -0.1) is 0 Å². The molecule has 0 saturated carbocycles. The topological polar surface area (TPSA) is 96.2 Å². The minimum absolute atomic E-state index is 0.00246. The zero-order chi connectivity index (χ0) is 19.6. The molecule has 11 heteroatoms. The van der Waals surface area contributed by atoms with Crippen molar-refractivity contribution in [2.24, 2.45) is 0 Å². The molecular formula is C16H16ClF3N6O. The molecule has 1 aromatic carbocycles. The highest BCUT2D eigenvalue weighted by atomic mass is 35.5. The molecule has 2 amide bonds. The van der Waals surface area contributed by atoms with E-state index in [9.17, 15) is 18.0 Å². The number of aromatic nitrogens is 2. The van der Waals surface area contributed by atoms with E-state index in [2.05, 4.69) is 20.6 Å². The van der Waals surface area contributed by atoms with E-state index in [1.807, 2.05) is 4.90 Å². The van der Waals surface area contributed by atoms with Crippen molar-refractivity contribution in [3.63, 3.8) is 0 Å². The molecule has 1 unspecified atom stereocenters. The maximum absolute atomic E-state index is 12.9. The Morgan fingerprint density at radius 1 is 1.33 bits per heavy atom. The van der Waals surface area contributed by atoms with Crippen molar-refractivity contribution in [2.75, 3.05) is 29.0 Å². The first-order valence-corrected chi connectivity index (χ1v) is 8.38. The average molecular weight is 401 g/mol. The SMILES string of the molecule is Nc1nccc(N2CCC(NC(=O)Nc3ccc(Cl)c(C(F)(F)F)c3)C2)n1. The third kappa shape index (κ3) is 4.70. The Hall–Kier alpha value is -2.75. The number of alkyl halides is 3. The first-order chi connectivity index (χ1) is 12.7. The Labute approximate surface area is 157 Å². The fourth-order valence-electron chi connectivity index (χ4n) is 2.80. The first kappa shape index (κ1) is 19.0.